The molecule has 2 aliphatic carbocycles. The molecule has 2 aromatic rings. The lowest BCUT2D eigenvalue weighted by Gasteiger charge is -2.47. The summed E-state index contributed by atoms with van der Waals surface area (Å²) in [5.74, 6) is 2.79. The normalized spacial score (nSPS) is 30.8. The Morgan fingerprint density at radius 2 is 1.35 bits per heavy atom. The SMILES string of the molecule is CC1CC2CC(C1)CC(C)(c1ccc(N(C)c3ccc(N)cc3)cc1)C2. The molecule has 2 N–H and O–H groups in total. The van der Waals surface area contributed by atoms with E-state index in [-0.39, 0.29) is 0 Å². The maximum absolute atomic E-state index is 5.81. The number of rotatable bonds is 3. The van der Waals surface area contributed by atoms with Crippen LogP contribution in [0.2, 0.25) is 0 Å². The highest BCUT2D eigenvalue weighted by Gasteiger charge is 2.41. The van der Waals surface area contributed by atoms with E-state index in [2.05, 4.69) is 62.2 Å². The number of benzene rings is 2. The summed E-state index contributed by atoms with van der Waals surface area (Å²) in [5, 5.41) is 0. The van der Waals surface area contributed by atoms with Crippen LogP contribution < -0.4 is 10.6 Å². The van der Waals surface area contributed by atoms with Gasteiger partial charge in [-0.2, -0.15) is 0 Å². The minimum Gasteiger partial charge on any atom is -0.399 e. The highest BCUT2D eigenvalue weighted by atomic mass is 15.1. The molecule has 138 valence electrons. The topological polar surface area (TPSA) is 29.3 Å². The Morgan fingerprint density at radius 3 is 1.88 bits per heavy atom. The first-order chi connectivity index (χ1) is 12.4. The minimum atomic E-state index is 0.353. The van der Waals surface area contributed by atoms with Gasteiger partial charge in [-0.05, 0) is 97.2 Å². The monoisotopic (exact) mass is 348 g/mol. The van der Waals surface area contributed by atoms with Gasteiger partial charge in [0.05, 0.1) is 0 Å². The zero-order chi connectivity index (χ0) is 18.3. The van der Waals surface area contributed by atoms with Crippen molar-refractivity contribution in [1.29, 1.82) is 0 Å². The number of hydrogen-bond acceptors (Lipinski definition) is 2. The second-order valence-electron chi connectivity index (χ2n) is 9.21. The van der Waals surface area contributed by atoms with Gasteiger partial charge in [-0.1, -0.05) is 26.0 Å². The van der Waals surface area contributed by atoms with E-state index in [0.29, 0.717) is 5.41 Å². The van der Waals surface area contributed by atoms with Gasteiger partial charge in [-0.15, -0.1) is 0 Å². The summed E-state index contributed by atoms with van der Waals surface area (Å²) in [6, 6.07) is 17.4. The van der Waals surface area contributed by atoms with Gasteiger partial charge >= 0.3 is 0 Å². The van der Waals surface area contributed by atoms with E-state index in [1.807, 2.05) is 12.1 Å². The Bertz CT molecular complexity index is 729. The van der Waals surface area contributed by atoms with Crippen LogP contribution in [0.25, 0.3) is 0 Å². The van der Waals surface area contributed by atoms with Crippen LogP contribution in [-0.2, 0) is 5.41 Å². The molecule has 2 fully saturated rings. The fourth-order valence-corrected chi connectivity index (χ4v) is 5.76. The quantitative estimate of drug-likeness (QED) is 0.675. The van der Waals surface area contributed by atoms with Crippen molar-refractivity contribution in [2.24, 2.45) is 17.8 Å². The van der Waals surface area contributed by atoms with Gasteiger partial charge in [0, 0.05) is 24.1 Å². The average Bonchev–Trinajstić information content (AvgIpc) is 2.61. The largest absolute Gasteiger partial charge is 0.399 e. The van der Waals surface area contributed by atoms with Gasteiger partial charge in [-0.3, -0.25) is 0 Å². The second-order valence-corrected chi connectivity index (χ2v) is 9.21. The first kappa shape index (κ1) is 17.5. The van der Waals surface area contributed by atoms with Crippen LogP contribution in [0, 0.1) is 17.8 Å². The third-order valence-corrected chi connectivity index (χ3v) is 6.85. The summed E-state index contributed by atoms with van der Waals surface area (Å²) < 4.78 is 0. The molecule has 0 aliphatic heterocycles. The lowest BCUT2D eigenvalue weighted by Crippen LogP contribution is -2.38. The zero-order valence-electron chi connectivity index (χ0n) is 16.4. The molecule has 2 aliphatic rings. The number of nitrogens with zero attached hydrogens (tertiary/aromatic N) is 1. The smallest absolute Gasteiger partial charge is 0.0409 e. The van der Waals surface area contributed by atoms with E-state index >= 15 is 0 Å². The van der Waals surface area contributed by atoms with Crippen molar-refractivity contribution in [3.05, 3.63) is 54.1 Å². The first-order valence-electron chi connectivity index (χ1n) is 10.1. The molecular weight excluding hydrogens is 316 g/mol. The van der Waals surface area contributed by atoms with Gasteiger partial charge in [0.15, 0.2) is 0 Å². The van der Waals surface area contributed by atoms with Crippen LogP contribution in [0.5, 0.6) is 0 Å². The molecule has 2 aromatic carbocycles. The van der Waals surface area contributed by atoms with E-state index in [4.69, 9.17) is 5.73 Å². The van der Waals surface area contributed by atoms with Gasteiger partial charge in [0.2, 0.25) is 0 Å². The molecule has 2 atom stereocenters. The number of nitrogen functional groups attached to an aromatic ring is 1. The fourth-order valence-electron chi connectivity index (χ4n) is 5.76. The Labute approximate surface area is 158 Å². The van der Waals surface area contributed by atoms with E-state index in [1.54, 1.807) is 0 Å². The summed E-state index contributed by atoms with van der Waals surface area (Å²) in [7, 11) is 2.12. The van der Waals surface area contributed by atoms with Gasteiger partial charge in [-0.25, -0.2) is 0 Å². The van der Waals surface area contributed by atoms with Crippen LogP contribution >= 0.6 is 0 Å². The third-order valence-electron chi connectivity index (χ3n) is 6.85. The van der Waals surface area contributed by atoms with Crippen LogP contribution in [0.4, 0.5) is 17.1 Å². The highest BCUT2D eigenvalue weighted by molar-refractivity contribution is 5.64. The van der Waals surface area contributed by atoms with Crippen LogP contribution in [0.1, 0.15) is 51.5 Å². The van der Waals surface area contributed by atoms with Crippen LogP contribution in [-0.4, -0.2) is 7.05 Å². The number of hydrogen-bond donors (Lipinski definition) is 1. The second kappa shape index (κ2) is 6.64. The molecule has 4 rings (SSSR count). The summed E-state index contributed by atoms with van der Waals surface area (Å²) in [4.78, 5) is 2.23. The Balaban J connectivity index is 1.53. The maximum atomic E-state index is 5.81. The molecule has 0 spiro atoms. The molecule has 2 heteroatoms. The predicted octanol–water partition coefficient (Wildman–Crippen LogP) is 6.14. The maximum Gasteiger partial charge on any atom is 0.0409 e. The fraction of sp³-hybridized carbons (Fsp3) is 0.500. The van der Waals surface area contributed by atoms with E-state index in [0.717, 1.165) is 23.4 Å². The lowest BCUT2D eigenvalue weighted by molar-refractivity contribution is 0.0899. The molecule has 2 unspecified atom stereocenters. The predicted molar refractivity (Wildman–Crippen MR) is 112 cm³/mol. The van der Waals surface area contributed by atoms with Crippen molar-refractivity contribution in [3.63, 3.8) is 0 Å². The van der Waals surface area contributed by atoms with Crippen molar-refractivity contribution >= 4 is 17.1 Å². The molecule has 2 bridgehead atoms. The number of anilines is 3. The van der Waals surface area contributed by atoms with Crippen LogP contribution in [0.3, 0.4) is 0 Å². The molecule has 26 heavy (non-hydrogen) atoms. The standard InChI is InChI=1S/C24H32N2/c1-17-12-18-14-19(13-17)16-24(2,15-18)20-4-8-22(9-5-20)26(3)23-10-6-21(25)7-11-23/h4-11,17-19H,12-16,25H2,1-3H3. The van der Waals surface area contributed by atoms with Gasteiger partial charge in [0.1, 0.15) is 0 Å². The van der Waals surface area contributed by atoms with E-state index < -0.39 is 0 Å². The number of fused-ring (bicyclic) bond motifs is 2. The molecule has 0 aromatic heterocycles. The van der Waals surface area contributed by atoms with E-state index in [9.17, 15) is 0 Å². The van der Waals surface area contributed by atoms with E-state index in [1.165, 1.54) is 49.0 Å². The average molecular weight is 349 g/mol. The molecule has 0 saturated heterocycles. The van der Waals surface area contributed by atoms with Crippen molar-refractivity contribution < 1.29 is 0 Å². The Hall–Kier alpha value is -1.96. The molecule has 0 amide bonds. The third kappa shape index (κ3) is 3.34. The molecule has 0 radical (unpaired) electrons. The zero-order valence-corrected chi connectivity index (χ0v) is 16.4. The summed E-state index contributed by atoms with van der Waals surface area (Å²) >= 11 is 0. The molecule has 2 saturated carbocycles. The minimum absolute atomic E-state index is 0.353. The first-order valence-corrected chi connectivity index (χ1v) is 10.1. The van der Waals surface area contributed by atoms with Crippen molar-refractivity contribution in [3.8, 4) is 0 Å². The summed E-state index contributed by atoms with van der Waals surface area (Å²) in [5.41, 5.74) is 10.9. The van der Waals surface area contributed by atoms with Gasteiger partial charge < -0.3 is 10.6 Å². The molecular formula is C24H32N2. The Morgan fingerprint density at radius 1 is 0.846 bits per heavy atom. The summed E-state index contributed by atoms with van der Waals surface area (Å²) in [6.07, 6.45) is 7.06. The Kier molecular flexibility index (Phi) is 4.46. The molecule has 0 heterocycles. The molecule has 2 nitrogen and oxygen atoms in total. The van der Waals surface area contributed by atoms with Crippen molar-refractivity contribution in [2.75, 3.05) is 17.7 Å². The van der Waals surface area contributed by atoms with Crippen molar-refractivity contribution in [2.45, 2.75) is 51.4 Å². The highest BCUT2D eigenvalue weighted by Crippen LogP contribution is 2.51. The van der Waals surface area contributed by atoms with Gasteiger partial charge in [0.25, 0.3) is 0 Å². The van der Waals surface area contributed by atoms with Crippen molar-refractivity contribution in [1.82, 2.24) is 0 Å². The number of nitrogens with two attached hydrogens (primary N) is 1. The van der Waals surface area contributed by atoms with Crippen LogP contribution in [0.15, 0.2) is 48.5 Å². The lowest BCUT2D eigenvalue weighted by atomic mass is 9.57. The summed E-state index contributed by atoms with van der Waals surface area (Å²) in [6.45, 7) is 4.95.